The first kappa shape index (κ1) is 10.0. The highest BCUT2D eigenvalue weighted by molar-refractivity contribution is 6.50. The summed E-state index contributed by atoms with van der Waals surface area (Å²) in [6, 6.07) is 0. The Kier molecular flexibility index (Phi) is 2.55. The molecule has 5 nitrogen and oxygen atoms in total. The molecule has 0 aromatic carbocycles. The van der Waals surface area contributed by atoms with Crippen LogP contribution in [0.3, 0.4) is 0 Å². The number of carbonyl (C=O) groups excluding carboxylic acids is 1. The first-order valence-corrected chi connectivity index (χ1v) is 4.95. The summed E-state index contributed by atoms with van der Waals surface area (Å²) >= 11 is 11.6. The van der Waals surface area contributed by atoms with E-state index in [2.05, 4.69) is 16.0 Å². The molecule has 2 fully saturated rings. The number of alkyl halides is 2. The van der Waals surface area contributed by atoms with Crippen LogP contribution in [0.5, 0.6) is 0 Å². The van der Waals surface area contributed by atoms with E-state index in [1.165, 1.54) is 0 Å². The maximum Gasteiger partial charge on any atom is 0.284 e. The van der Waals surface area contributed by atoms with Crippen LogP contribution in [0.15, 0.2) is 5.16 Å². The predicted octanol–water partition coefficient (Wildman–Crippen LogP) is 0.187. The fourth-order valence-corrected chi connectivity index (χ4v) is 1.59. The summed E-state index contributed by atoms with van der Waals surface area (Å²) in [6.07, 6.45) is 0.714. The third-order valence-corrected chi connectivity index (χ3v) is 3.05. The molecule has 2 aliphatic rings. The van der Waals surface area contributed by atoms with Crippen molar-refractivity contribution in [1.29, 1.82) is 0 Å². The molecule has 7 heteroatoms. The van der Waals surface area contributed by atoms with Crippen molar-refractivity contribution < 1.29 is 9.63 Å². The van der Waals surface area contributed by atoms with Crippen LogP contribution < -0.4 is 10.9 Å². The quantitative estimate of drug-likeness (QED) is 0.544. The monoisotopic (exact) mass is 237 g/mol. The Balaban J connectivity index is 1.75. The van der Waals surface area contributed by atoms with Gasteiger partial charge >= 0.3 is 0 Å². The van der Waals surface area contributed by atoms with Gasteiger partial charge in [0.05, 0.1) is 6.54 Å². The molecule has 1 heterocycles. The Morgan fingerprint density at radius 2 is 2.36 bits per heavy atom. The van der Waals surface area contributed by atoms with Gasteiger partial charge in [-0.2, -0.15) is 0 Å². The SMILES string of the molecule is O=C1NNCC1=NOCC1CC1(Cl)Cl. The van der Waals surface area contributed by atoms with E-state index in [-0.39, 0.29) is 11.8 Å². The van der Waals surface area contributed by atoms with Crippen LogP contribution in [0.2, 0.25) is 0 Å². The second-order valence-corrected chi connectivity index (χ2v) is 4.85. The molecule has 2 rings (SSSR count). The van der Waals surface area contributed by atoms with Crippen LogP contribution in [0.25, 0.3) is 0 Å². The van der Waals surface area contributed by atoms with Crippen molar-refractivity contribution in [2.45, 2.75) is 10.8 Å². The fourth-order valence-electron chi connectivity index (χ4n) is 1.09. The van der Waals surface area contributed by atoms with E-state index in [1.54, 1.807) is 0 Å². The molecule has 2 N–H and O–H groups in total. The summed E-state index contributed by atoms with van der Waals surface area (Å²) in [4.78, 5) is 15.9. The highest BCUT2D eigenvalue weighted by atomic mass is 35.5. The molecular formula is C7H9Cl2N3O2. The van der Waals surface area contributed by atoms with Gasteiger partial charge in [0, 0.05) is 5.92 Å². The second kappa shape index (κ2) is 3.56. The first-order valence-electron chi connectivity index (χ1n) is 4.19. The zero-order valence-corrected chi connectivity index (χ0v) is 8.73. The molecule has 1 saturated carbocycles. The van der Waals surface area contributed by atoms with Crippen LogP contribution in [-0.4, -0.2) is 29.1 Å². The fraction of sp³-hybridized carbons (Fsp3) is 0.714. The Hall–Kier alpha value is -0.520. The Morgan fingerprint density at radius 3 is 2.86 bits per heavy atom. The predicted molar refractivity (Wildman–Crippen MR) is 52.1 cm³/mol. The molecule has 0 spiro atoms. The number of hydrogen-bond acceptors (Lipinski definition) is 4. The van der Waals surface area contributed by atoms with E-state index in [0.717, 1.165) is 0 Å². The third-order valence-electron chi connectivity index (χ3n) is 2.13. The normalized spacial score (nSPS) is 31.7. The van der Waals surface area contributed by atoms with E-state index >= 15 is 0 Å². The molecule has 0 radical (unpaired) electrons. The summed E-state index contributed by atoms with van der Waals surface area (Å²) in [5.41, 5.74) is 5.35. The summed E-state index contributed by atoms with van der Waals surface area (Å²) in [6.45, 7) is 0.722. The Morgan fingerprint density at radius 1 is 1.64 bits per heavy atom. The van der Waals surface area contributed by atoms with Gasteiger partial charge in [-0.3, -0.25) is 10.2 Å². The molecule has 1 aliphatic heterocycles. The minimum Gasteiger partial charge on any atom is -0.395 e. The number of hydrogen-bond donors (Lipinski definition) is 2. The second-order valence-electron chi connectivity index (χ2n) is 3.30. The average molecular weight is 238 g/mol. The third kappa shape index (κ3) is 2.10. The molecule has 0 aromatic rings. The first-order chi connectivity index (χ1) is 6.59. The van der Waals surface area contributed by atoms with Crippen molar-refractivity contribution in [3.8, 4) is 0 Å². The van der Waals surface area contributed by atoms with Crippen LogP contribution in [0.1, 0.15) is 6.42 Å². The molecule has 0 bridgehead atoms. The number of hydrazine groups is 1. The molecule has 1 unspecified atom stereocenters. The Labute approximate surface area is 90.7 Å². The number of carbonyl (C=O) groups is 1. The van der Waals surface area contributed by atoms with Crippen molar-refractivity contribution in [3.05, 3.63) is 0 Å². The maximum absolute atomic E-state index is 11.0. The lowest BCUT2D eigenvalue weighted by molar-refractivity contribution is -0.114. The van der Waals surface area contributed by atoms with Crippen LogP contribution in [-0.2, 0) is 9.63 Å². The van der Waals surface area contributed by atoms with Crippen LogP contribution in [0.4, 0.5) is 0 Å². The number of halogens is 2. The van der Waals surface area contributed by atoms with Crippen LogP contribution in [0, 0.1) is 5.92 Å². The molecule has 0 aromatic heterocycles. The van der Waals surface area contributed by atoms with Crippen molar-refractivity contribution in [2.75, 3.05) is 13.2 Å². The van der Waals surface area contributed by atoms with Gasteiger partial charge < -0.3 is 4.84 Å². The minimum absolute atomic E-state index is 0.118. The van der Waals surface area contributed by atoms with Crippen molar-refractivity contribution in [2.24, 2.45) is 11.1 Å². The largest absolute Gasteiger partial charge is 0.395 e. The molecule has 78 valence electrons. The summed E-state index contributed by atoms with van der Waals surface area (Å²) in [7, 11) is 0. The molecule has 1 aliphatic carbocycles. The highest BCUT2D eigenvalue weighted by Crippen LogP contribution is 2.53. The number of rotatable bonds is 3. The number of amides is 1. The molecule has 1 atom stereocenters. The summed E-state index contributed by atoms with van der Waals surface area (Å²) < 4.78 is -0.656. The topological polar surface area (TPSA) is 62.7 Å². The van der Waals surface area contributed by atoms with E-state index in [1.807, 2.05) is 0 Å². The lowest BCUT2D eigenvalue weighted by Gasteiger charge is -1.98. The molecule has 1 amide bonds. The van der Waals surface area contributed by atoms with Gasteiger partial charge in [0.1, 0.15) is 10.9 Å². The number of nitrogens with zero attached hydrogens (tertiary/aromatic N) is 1. The van der Waals surface area contributed by atoms with Gasteiger partial charge in [-0.05, 0) is 6.42 Å². The maximum atomic E-state index is 11.0. The standard InChI is InChI=1S/C7H9Cl2N3O2/c8-7(9)1-4(7)3-14-12-5-2-10-11-6(5)13/h4,10H,1-3H2,(H,11,13). The van der Waals surface area contributed by atoms with Gasteiger partial charge in [-0.1, -0.05) is 5.16 Å². The molecule has 14 heavy (non-hydrogen) atoms. The smallest absolute Gasteiger partial charge is 0.284 e. The summed E-state index contributed by atoms with van der Waals surface area (Å²) in [5, 5.41) is 3.67. The van der Waals surface area contributed by atoms with Gasteiger partial charge in [0.15, 0.2) is 5.71 Å². The van der Waals surface area contributed by atoms with E-state index < -0.39 is 4.33 Å². The van der Waals surface area contributed by atoms with Crippen molar-refractivity contribution in [1.82, 2.24) is 10.9 Å². The van der Waals surface area contributed by atoms with E-state index in [0.29, 0.717) is 25.3 Å². The van der Waals surface area contributed by atoms with Crippen molar-refractivity contribution in [3.63, 3.8) is 0 Å². The molecule has 1 saturated heterocycles. The van der Waals surface area contributed by atoms with Gasteiger partial charge in [0.25, 0.3) is 5.91 Å². The van der Waals surface area contributed by atoms with Gasteiger partial charge in [-0.15, -0.1) is 23.2 Å². The lowest BCUT2D eigenvalue weighted by Crippen LogP contribution is -2.26. The molecular weight excluding hydrogens is 229 g/mol. The average Bonchev–Trinajstić information content (AvgIpc) is 2.53. The Bertz CT molecular complexity index is 293. The lowest BCUT2D eigenvalue weighted by atomic mass is 10.4. The van der Waals surface area contributed by atoms with Gasteiger partial charge in [-0.25, -0.2) is 5.43 Å². The zero-order valence-electron chi connectivity index (χ0n) is 7.22. The van der Waals surface area contributed by atoms with Crippen LogP contribution >= 0.6 is 23.2 Å². The number of nitrogens with one attached hydrogen (secondary N) is 2. The highest BCUT2D eigenvalue weighted by Gasteiger charge is 2.52. The summed E-state index contributed by atoms with van der Waals surface area (Å²) in [5.74, 6) is -0.142. The zero-order chi connectivity index (χ0) is 10.2. The van der Waals surface area contributed by atoms with Gasteiger partial charge in [0.2, 0.25) is 0 Å². The minimum atomic E-state index is -0.656. The van der Waals surface area contributed by atoms with E-state index in [9.17, 15) is 4.79 Å². The number of oxime groups is 1. The van der Waals surface area contributed by atoms with Crippen molar-refractivity contribution >= 4 is 34.8 Å². The van der Waals surface area contributed by atoms with E-state index in [4.69, 9.17) is 28.0 Å².